The van der Waals surface area contributed by atoms with Gasteiger partial charge in [0.15, 0.2) is 0 Å². The first kappa shape index (κ1) is 15.8. The van der Waals surface area contributed by atoms with Gasteiger partial charge in [-0.3, -0.25) is 9.59 Å². The Labute approximate surface area is 130 Å². The van der Waals surface area contributed by atoms with Gasteiger partial charge in [0.05, 0.1) is 6.04 Å². The minimum Gasteiger partial charge on any atom is -0.346 e. The van der Waals surface area contributed by atoms with Crippen LogP contribution < -0.4 is 10.6 Å². The molecule has 0 aliphatic rings. The molecule has 0 radical (unpaired) electrons. The van der Waals surface area contributed by atoms with Crippen molar-refractivity contribution in [3.05, 3.63) is 65.7 Å². The molecule has 2 N–H and O–H groups in total. The molecular formula is C18H20N2O2. The number of anilines is 1. The molecule has 1 unspecified atom stereocenters. The van der Waals surface area contributed by atoms with E-state index >= 15 is 0 Å². The molecule has 114 valence electrons. The van der Waals surface area contributed by atoms with E-state index in [1.54, 1.807) is 31.2 Å². The Morgan fingerprint density at radius 3 is 2.23 bits per heavy atom. The third kappa shape index (κ3) is 4.19. The normalized spacial score (nSPS) is 11.5. The van der Waals surface area contributed by atoms with E-state index in [9.17, 15) is 9.59 Å². The average Bonchev–Trinajstić information content (AvgIpc) is 2.56. The molecule has 0 heterocycles. The second-order valence-corrected chi connectivity index (χ2v) is 5.08. The molecule has 4 heteroatoms. The monoisotopic (exact) mass is 296 g/mol. The van der Waals surface area contributed by atoms with Crippen LogP contribution in [0.15, 0.2) is 54.6 Å². The highest BCUT2D eigenvalue weighted by Crippen LogP contribution is 2.14. The Kier molecular flexibility index (Phi) is 5.31. The van der Waals surface area contributed by atoms with Crippen LogP contribution in [0.3, 0.4) is 0 Å². The summed E-state index contributed by atoms with van der Waals surface area (Å²) in [6.07, 6.45) is 0.427. The molecule has 2 aromatic carbocycles. The lowest BCUT2D eigenvalue weighted by Crippen LogP contribution is -2.26. The Hall–Kier alpha value is -2.62. The van der Waals surface area contributed by atoms with E-state index in [1.165, 1.54) is 0 Å². The van der Waals surface area contributed by atoms with Gasteiger partial charge in [-0.2, -0.15) is 0 Å². The number of hydrogen-bond acceptors (Lipinski definition) is 2. The van der Waals surface area contributed by atoms with Crippen LogP contribution in [0.1, 0.15) is 42.2 Å². The third-order valence-corrected chi connectivity index (χ3v) is 3.40. The van der Waals surface area contributed by atoms with Gasteiger partial charge in [0.1, 0.15) is 0 Å². The van der Waals surface area contributed by atoms with E-state index in [4.69, 9.17) is 0 Å². The van der Waals surface area contributed by atoms with Crippen molar-refractivity contribution in [3.8, 4) is 0 Å². The summed E-state index contributed by atoms with van der Waals surface area (Å²) in [5.41, 5.74) is 2.32. The molecule has 2 rings (SSSR count). The van der Waals surface area contributed by atoms with E-state index in [2.05, 4.69) is 10.6 Å². The molecule has 22 heavy (non-hydrogen) atoms. The molecule has 2 aromatic rings. The van der Waals surface area contributed by atoms with Crippen molar-refractivity contribution >= 4 is 17.5 Å². The second kappa shape index (κ2) is 7.41. The Morgan fingerprint density at radius 1 is 1.00 bits per heavy atom. The molecule has 0 spiro atoms. The zero-order valence-electron chi connectivity index (χ0n) is 12.8. The first-order valence-corrected chi connectivity index (χ1v) is 7.36. The fourth-order valence-electron chi connectivity index (χ4n) is 2.06. The fraction of sp³-hybridized carbons (Fsp3) is 0.222. The molecular weight excluding hydrogens is 276 g/mol. The molecule has 0 saturated heterocycles. The van der Waals surface area contributed by atoms with Gasteiger partial charge in [-0.25, -0.2) is 0 Å². The molecule has 4 nitrogen and oxygen atoms in total. The molecule has 2 amide bonds. The first-order valence-electron chi connectivity index (χ1n) is 7.36. The summed E-state index contributed by atoms with van der Waals surface area (Å²) >= 11 is 0. The van der Waals surface area contributed by atoms with Gasteiger partial charge in [0, 0.05) is 17.7 Å². The van der Waals surface area contributed by atoms with Gasteiger partial charge in [-0.15, -0.1) is 0 Å². The van der Waals surface area contributed by atoms with Crippen LogP contribution in [-0.4, -0.2) is 11.8 Å². The molecule has 1 atom stereocenters. The molecule has 0 aromatic heterocycles. The number of hydrogen-bond donors (Lipinski definition) is 2. The maximum absolute atomic E-state index is 12.2. The highest BCUT2D eigenvalue weighted by Gasteiger charge is 2.11. The zero-order valence-corrected chi connectivity index (χ0v) is 12.8. The van der Waals surface area contributed by atoms with E-state index in [0.717, 1.165) is 5.56 Å². The highest BCUT2D eigenvalue weighted by atomic mass is 16.2. The Balaban J connectivity index is 1.99. The fourth-order valence-corrected chi connectivity index (χ4v) is 2.06. The summed E-state index contributed by atoms with van der Waals surface area (Å²) in [6, 6.07) is 16.6. The molecule has 0 aliphatic carbocycles. The van der Waals surface area contributed by atoms with E-state index < -0.39 is 0 Å². The summed E-state index contributed by atoms with van der Waals surface area (Å²) in [4.78, 5) is 23.5. The van der Waals surface area contributed by atoms with Crippen LogP contribution in [0, 0.1) is 0 Å². The van der Waals surface area contributed by atoms with Crippen LogP contribution in [0.4, 0.5) is 5.69 Å². The molecule has 0 saturated carbocycles. The summed E-state index contributed by atoms with van der Waals surface area (Å²) < 4.78 is 0. The molecule has 0 bridgehead atoms. The van der Waals surface area contributed by atoms with Crippen molar-refractivity contribution in [3.63, 3.8) is 0 Å². The number of carbonyl (C=O) groups excluding carboxylic acids is 2. The third-order valence-electron chi connectivity index (χ3n) is 3.40. The van der Waals surface area contributed by atoms with Gasteiger partial charge in [0.25, 0.3) is 5.91 Å². The van der Waals surface area contributed by atoms with Crippen LogP contribution in [0.25, 0.3) is 0 Å². The number of nitrogens with one attached hydrogen (secondary N) is 2. The van der Waals surface area contributed by atoms with Crippen molar-refractivity contribution in [1.29, 1.82) is 0 Å². The Morgan fingerprint density at radius 2 is 1.64 bits per heavy atom. The minimum atomic E-state index is -0.135. The molecule has 0 fully saturated rings. The van der Waals surface area contributed by atoms with Gasteiger partial charge >= 0.3 is 0 Å². The smallest absolute Gasteiger partial charge is 0.251 e. The van der Waals surface area contributed by atoms with Crippen molar-refractivity contribution in [2.75, 3.05) is 5.32 Å². The quantitative estimate of drug-likeness (QED) is 0.887. The summed E-state index contributed by atoms with van der Waals surface area (Å²) in [7, 11) is 0. The van der Waals surface area contributed by atoms with Gasteiger partial charge in [-0.1, -0.05) is 37.3 Å². The van der Waals surface area contributed by atoms with Gasteiger partial charge < -0.3 is 10.6 Å². The van der Waals surface area contributed by atoms with Crippen molar-refractivity contribution in [1.82, 2.24) is 5.32 Å². The highest BCUT2D eigenvalue weighted by molar-refractivity contribution is 5.95. The number of amides is 2. The minimum absolute atomic E-state index is 0.0464. The number of rotatable bonds is 5. The predicted molar refractivity (Wildman–Crippen MR) is 87.7 cm³/mol. The van der Waals surface area contributed by atoms with Crippen LogP contribution in [0.5, 0.6) is 0 Å². The number of benzene rings is 2. The SMILES string of the molecule is CCC(=O)Nc1ccc(C(=O)NC(C)c2ccccc2)cc1. The first-order chi connectivity index (χ1) is 10.6. The van der Waals surface area contributed by atoms with Crippen molar-refractivity contribution in [2.45, 2.75) is 26.3 Å². The van der Waals surface area contributed by atoms with Gasteiger partial charge in [0.2, 0.25) is 5.91 Å². The summed E-state index contributed by atoms with van der Waals surface area (Å²) in [6.45, 7) is 3.74. The predicted octanol–water partition coefficient (Wildman–Crippen LogP) is 3.53. The topological polar surface area (TPSA) is 58.2 Å². The van der Waals surface area contributed by atoms with Crippen molar-refractivity contribution < 1.29 is 9.59 Å². The average molecular weight is 296 g/mol. The standard InChI is InChI=1S/C18H20N2O2/c1-3-17(21)20-16-11-9-15(10-12-16)18(22)19-13(2)14-7-5-4-6-8-14/h4-13H,3H2,1-2H3,(H,19,22)(H,20,21). The van der Waals surface area contributed by atoms with Gasteiger partial charge in [-0.05, 0) is 36.8 Å². The lowest BCUT2D eigenvalue weighted by atomic mass is 10.1. The van der Waals surface area contributed by atoms with E-state index in [-0.39, 0.29) is 17.9 Å². The number of carbonyl (C=O) groups is 2. The summed E-state index contributed by atoms with van der Waals surface area (Å²) in [5.74, 6) is -0.181. The Bertz CT molecular complexity index is 636. The van der Waals surface area contributed by atoms with E-state index in [1.807, 2.05) is 37.3 Å². The maximum Gasteiger partial charge on any atom is 0.251 e. The maximum atomic E-state index is 12.2. The second-order valence-electron chi connectivity index (χ2n) is 5.08. The van der Waals surface area contributed by atoms with Crippen LogP contribution in [0.2, 0.25) is 0 Å². The largest absolute Gasteiger partial charge is 0.346 e. The lowest BCUT2D eigenvalue weighted by molar-refractivity contribution is -0.115. The van der Waals surface area contributed by atoms with Crippen molar-refractivity contribution in [2.24, 2.45) is 0 Å². The lowest BCUT2D eigenvalue weighted by Gasteiger charge is -2.14. The zero-order chi connectivity index (χ0) is 15.9. The summed E-state index contributed by atoms with van der Waals surface area (Å²) in [5, 5.41) is 5.71. The van der Waals surface area contributed by atoms with Crippen LogP contribution >= 0.6 is 0 Å². The van der Waals surface area contributed by atoms with Crippen LogP contribution in [-0.2, 0) is 4.79 Å². The molecule has 0 aliphatic heterocycles. The van der Waals surface area contributed by atoms with E-state index in [0.29, 0.717) is 17.7 Å².